The summed E-state index contributed by atoms with van der Waals surface area (Å²) in [7, 11) is 0. The molecule has 0 aromatic carbocycles. The van der Waals surface area contributed by atoms with Crippen LogP contribution in [0.3, 0.4) is 0 Å². The van der Waals surface area contributed by atoms with Gasteiger partial charge in [-0.15, -0.1) is 11.3 Å². The van der Waals surface area contributed by atoms with Crippen molar-refractivity contribution in [2.75, 3.05) is 6.61 Å². The van der Waals surface area contributed by atoms with Crippen molar-refractivity contribution in [2.24, 2.45) is 0 Å². The molecule has 0 saturated carbocycles. The fraction of sp³-hybridized carbons (Fsp3) is 0.444. The van der Waals surface area contributed by atoms with E-state index in [1.807, 2.05) is 12.3 Å². The summed E-state index contributed by atoms with van der Waals surface area (Å²) in [6.45, 7) is 3.51. The van der Waals surface area contributed by atoms with Gasteiger partial charge >= 0.3 is 0 Å². The van der Waals surface area contributed by atoms with Gasteiger partial charge in [0.05, 0.1) is 11.6 Å². The van der Waals surface area contributed by atoms with Crippen LogP contribution in [0.5, 0.6) is 0 Å². The van der Waals surface area contributed by atoms with E-state index in [9.17, 15) is 4.79 Å². The third kappa shape index (κ3) is 2.47. The van der Waals surface area contributed by atoms with E-state index in [1.54, 1.807) is 6.92 Å². The van der Waals surface area contributed by atoms with Gasteiger partial charge in [-0.3, -0.25) is 4.79 Å². The Labute approximate surface area is 91.7 Å². The highest BCUT2D eigenvalue weighted by atomic mass is 35.5. The Kier molecular flexibility index (Phi) is 3.92. The number of amides is 1. The number of aliphatic hydroxyl groups excluding tert-OH is 1. The molecular weight excluding hydrogens is 222 g/mol. The molecule has 1 aromatic rings. The summed E-state index contributed by atoms with van der Waals surface area (Å²) in [4.78, 5) is 12.1. The van der Waals surface area contributed by atoms with Crippen LogP contribution in [0.25, 0.3) is 0 Å². The minimum absolute atomic E-state index is 0.0757. The molecule has 0 radical (unpaired) electrons. The maximum absolute atomic E-state index is 11.6. The lowest BCUT2D eigenvalue weighted by molar-refractivity contribution is 0.0926. The number of aryl methyl sites for hydroxylation is 1. The second kappa shape index (κ2) is 4.77. The third-order valence-electron chi connectivity index (χ3n) is 1.76. The first kappa shape index (κ1) is 11.5. The zero-order valence-corrected chi connectivity index (χ0v) is 9.58. The van der Waals surface area contributed by atoms with E-state index in [-0.39, 0.29) is 18.6 Å². The van der Waals surface area contributed by atoms with E-state index < -0.39 is 0 Å². The number of aliphatic hydroxyl groups is 1. The van der Waals surface area contributed by atoms with Gasteiger partial charge in [0.15, 0.2) is 0 Å². The minimum Gasteiger partial charge on any atom is -0.394 e. The number of thiophene rings is 1. The van der Waals surface area contributed by atoms with Gasteiger partial charge in [0.1, 0.15) is 4.88 Å². The molecular formula is C9H12ClNO2S. The molecule has 1 aromatic heterocycles. The van der Waals surface area contributed by atoms with Gasteiger partial charge in [-0.1, -0.05) is 11.6 Å². The zero-order valence-electron chi connectivity index (χ0n) is 8.00. The van der Waals surface area contributed by atoms with E-state index in [0.29, 0.717) is 9.90 Å². The molecule has 0 fully saturated rings. The Morgan fingerprint density at radius 3 is 2.86 bits per heavy atom. The standard InChI is InChI=1S/C9H12ClNO2S/c1-5-4-14-8(7(5)10)9(13)11-6(2)3-12/h4,6,12H,3H2,1-2H3,(H,11,13)/t6-/m1/s1. The molecule has 0 unspecified atom stereocenters. The molecule has 1 amide bonds. The van der Waals surface area contributed by atoms with Crippen molar-refractivity contribution in [1.82, 2.24) is 5.32 Å². The van der Waals surface area contributed by atoms with Crippen LogP contribution in [-0.4, -0.2) is 23.7 Å². The molecule has 2 N–H and O–H groups in total. The van der Waals surface area contributed by atoms with Gasteiger partial charge in [-0.2, -0.15) is 0 Å². The number of carbonyl (C=O) groups excluding carboxylic acids is 1. The van der Waals surface area contributed by atoms with Crippen LogP contribution in [0.1, 0.15) is 22.2 Å². The van der Waals surface area contributed by atoms with Crippen LogP contribution in [0.2, 0.25) is 5.02 Å². The quantitative estimate of drug-likeness (QED) is 0.837. The SMILES string of the molecule is Cc1csc(C(=O)N[C@H](C)CO)c1Cl. The number of nitrogens with one attached hydrogen (secondary N) is 1. The number of halogens is 1. The first-order chi connectivity index (χ1) is 6.56. The highest BCUT2D eigenvalue weighted by Gasteiger charge is 2.15. The van der Waals surface area contributed by atoms with Crippen LogP contribution in [0.4, 0.5) is 0 Å². The van der Waals surface area contributed by atoms with E-state index in [1.165, 1.54) is 11.3 Å². The van der Waals surface area contributed by atoms with Gasteiger partial charge in [0, 0.05) is 6.04 Å². The van der Waals surface area contributed by atoms with Gasteiger partial charge in [0.25, 0.3) is 5.91 Å². The van der Waals surface area contributed by atoms with E-state index in [2.05, 4.69) is 5.32 Å². The smallest absolute Gasteiger partial charge is 0.263 e. The van der Waals surface area contributed by atoms with Gasteiger partial charge in [-0.05, 0) is 24.8 Å². The maximum Gasteiger partial charge on any atom is 0.263 e. The average molecular weight is 234 g/mol. The van der Waals surface area contributed by atoms with Crippen LogP contribution < -0.4 is 5.32 Å². The van der Waals surface area contributed by atoms with Crippen molar-refractivity contribution >= 4 is 28.8 Å². The summed E-state index contributed by atoms with van der Waals surface area (Å²) in [6, 6.07) is -0.249. The largest absolute Gasteiger partial charge is 0.394 e. The van der Waals surface area contributed by atoms with Crippen LogP contribution in [0.15, 0.2) is 5.38 Å². The molecule has 1 rings (SSSR count). The number of hydrogen-bond acceptors (Lipinski definition) is 3. The number of carbonyl (C=O) groups is 1. The summed E-state index contributed by atoms with van der Waals surface area (Å²) in [6.07, 6.45) is 0. The highest BCUT2D eigenvalue weighted by molar-refractivity contribution is 7.13. The summed E-state index contributed by atoms with van der Waals surface area (Å²) in [5.74, 6) is -0.227. The predicted molar refractivity (Wildman–Crippen MR) is 58.1 cm³/mol. The lowest BCUT2D eigenvalue weighted by atomic mass is 10.3. The molecule has 78 valence electrons. The van der Waals surface area contributed by atoms with Gasteiger partial charge in [0.2, 0.25) is 0 Å². The topological polar surface area (TPSA) is 49.3 Å². The molecule has 1 heterocycles. The Hall–Kier alpha value is -0.580. The van der Waals surface area contributed by atoms with Gasteiger partial charge in [-0.25, -0.2) is 0 Å². The molecule has 3 nitrogen and oxygen atoms in total. The summed E-state index contributed by atoms with van der Waals surface area (Å²) < 4.78 is 0. The molecule has 14 heavy (non-hydrogen) atoms. The molecule has 0 spiro atoms. The summed E-state index contributed by atoms with van der Waals surface area (Å²) >= 11 is 7.23. The second-order valence-corrected chi connectivity index (χ2v) is 4.38. The predicted octanol–water partition coefficient (Wildman–Crippen LogP) is 1.82. The number of rotatable bonds is 3. The van der Waals surface area contributed by atoms with E-state index >= 15 is 0 Å². The first-order valence-corrected chi connectivity index (χ1v) is 5.47. The highest BCUT2D eigenvalue weighted by Crippen LogP contribution is 2.26. The molecule has 1 atom stereocenters. The lowest BCUT2D eigenvalue weighted by Crippen LogP contribution is -2.34. The van der Waals surface area contributed by atoms with Crippen molar-refractivity contribution < 1.29 is 9.90 Å². The van der Waals surface area contributed by atoms with E-state index in [4.69, 9.17) is 16.7 Å². The fourth-order valence-corrected chi connectivity index (χ4v) is 2.10. The van der Waals surface area contributed by atoms with Gasteiger partial charge < -0.3 is 10.4 Å². The lowest BCUT2D eigenvalue weighted by Gasteiger charge is -2.09. The molecule has 5 heteroatoms. The second-order valence-electron chi connectivity index (χ2n) is 3.12. The summed E-state index contributed by atoms with van der Waals surface area (Å²) in [5.41, 5.74) is 0.901. The minimum atomic E-state index is -0.249. The van der Waals surface area contributed by atoms with Crippen molar-refractivity contribution in [3.8, 4) is 0 Å². The third-order valence-corrected chi connectivity index (χ3v) is 3.45. The first-order valence-electron chi connectivity index (χ1n) is 4.21. The molecule has 0 aliphatic carbocycles. The number of hydrogen-bond donors (Lipinski definition) is 2. The van der Waals surface area contributed by atoms with Crippen molar-refractivity contribution in [3.05, 3.63) is 20.8 Å². The van der Waals surface area contributed by atoms with Crippen molar-refractivity contribution in [1.29, 1.82) is 0 Å². The Bertz CT molecular complexity index is 338. The van der Waals surface area contributed by atoms with Crippen LogP contribution in [0, 0.1) is 6.92 Å². The maximum atomic E-state index is 11.6. The average Bonchev–Trinajstić information content (AvgIpc) is 2.47. The van der Waals surface area contributed by atoms with E-state index in [0.717, 1.165) is 5.56 Å². The Morgan fingerprint density at radius 1 is 1.79 bits per heavy atom. The molecule has 0 saturated heterocycles. The Balaban J connectivity index is 2.75. The van der Waals surface area contributed by atoms with Crippen LogP contribution >= 0.6 is 22.9 Å². The fourth-order valence-electron chi connectivity index (χ4n) is 0.918. The van der Waals surface area contributed by atoms with Crippen LogP contribution in [-0.2, 0) is 0 Å². The molecule has 0 aliphatic heterocycles. The summed E-state index contributed by atoms with van der Waals surface area (Å²) in [5, 5.41) is 13.7. The van der Waals surface area contributed by atoms with Crippen molar-refractivity contribution in [3.63, 3.8) is 0 Å². The Morgan fingerprint density at radius 2 is 2.43 bits per heavy atom. The zero-order chi connectivity index (χ0) is 10.7. The monoisotopic (exact) mass is 233 g/mol. The normalized spacial score (nSPS) is 12.6. The van der Waals surface area contributed by atoms with Crippen molar-refractivity contribution in [2.45, 2.75) is 19.9 Å². The molecule has 0 aliphatic rings. The molecule has 0 bridgehead atoms.